The minimum Gasteiger partial charge on any atom is -0.370 e. The first kappa shape index (κ1) is 9.65. The molecule has 1 fully saturated rings. The minimum absolute atomic E-state index is 0.0392. The predicted octanol–water partition coefficient (Wildman–Crippen LogP) is 0.862. The van der Waals surface area contributed by atoms with Crippen molar-refractivity contribution in [3.63, 3.8) is 0 Å². The van der Waals surface area contributed by atoms with Crippen LogP contribution in [0, 0.1) is 0 Å². The standard InChI is InChI=1S/C10H16N2O2/c1-2-4-7-10(13)12-9(11-7)8-5-3-6-14-8/h7-8H,2-6H2,1H3,(H,11,12,13). The largest absolute Gasteiger partial charge is 0.370 e. The fraction of sp³-hybridized carbons (Fsp3) is 0.800. The van der Waals surface area contributed by atoms with Crippen molar-refractivity contribution in [2.24, 2.45) is 4.99 Å². The lowest BCUT2D eigenvalue weighted by Crippen LogP contribution is -2.35. The van der Waals surface area contributed by atoms with E-state index in [1.54, 1.807) is 0 Å². The summed E-state index contributed by atoms with van der Waals surface area (Å²) in [5, 5.41) is 2.82. The lowest BCUT2D eigenvalue weighted by molar-refractivity contribution is -0.120. The molecule has 0 aromatic heterocycles. The number of hydrogen-bond acceptors (Lipinski definition) is 3. The van der Waals surface area contributed by atoms with Crippen molar-refractivity contribution in [3.05, 3.63) is 0 Å². The molecule has 0 bridgehead atoms. The molecule has 2 heterocycles. The van der Waals surface area contributed by atoms with Crippen LogP contribution < -0.4 is 5.32 Å². The Morgan fingerprint density at radius 3 is 3.14 bits per heavy atom. The van der Waals surface area contributed by atoms with E-state index in [1.165, 1.54) is 0 Å². The molecule has 14 heavy (non-hydrogen) atoms. The molecule has 0 aliphatic carbocycles. The normalized spacial score (nSPS) is 31.8. The number of nitrogens with one attached hydrogen (secondary N) is 1. The first-order chi connectivity index (χ1) is 6.81. The number of amidine groups is 1. The van der Waals surface area contributed by atoms with Gasteiger partial charge in [-0.2, -0.15) is 0 Å². The van der Waals surface area contributed by atoms with Gasteiger partial charge in [0.2, 0.25) is 5.91 Å². The summed E-state index contributed by atoms with van der Waals surface area (Å²) in [6, 6.07) is -0.167. The van der Waals surface area contributed by atoms with Gasteiger partial charge in [0.15, 0.2) is 0 Å². The number of hydrogen-bond donors (Lipinski definition) is 1. The predicted molar refractivity (Wildman–Crippen MR) is 53.2 cm³/mol. The molecule has 1 saturated heterocycles. The third-order valence-corrected chi connectivity index (χ3v) is 2.65. The second kappa shape index (κ2) is 4.09. The van der Waals surface area contributed by atoms with E-state index < -0.39 is 0 Å². The number of carbonyl (C=O) groups is 1. The second-order valence-corrected chi connectivity index (χ2v) is 3.81. The van der Waals surface area contributed by atoms with Gasteiger partial charge in [-0.15, -0.1) is 0 Å². The van der Waals surface area contributed by atoms with Crippen molar-refractivity contribution in [3.8, 4) is 0 Å². The van der Waals surface area contributed by atoms with Gasteiger partial charge in [0.25, 0.3) is 0 Å². The summed E-state index contributed by atoms with van der Waals surface area (Å²) in [6.45, 7) is 2.85. The van der Waals surface area contributed by atoms with E-state index in [-0.39, 0.29) is 18.1 Å². The third kappa shape index (κ3) is 1.80. The fourth-order valence-electron chi connectivity index (χ4n) is 1.89. The van der Waals surface area contributed by atoms with Gasteiger partial charge in [-0.05, 0) is 19.3 Å². The molecule has 4 heteroatoms. The summed E-state index contributed by atoms with van der Waals surface area (Å²) in [6.07, 6.45) is 3.92. The Kier molecular flexibility index (Phi) is 2.82. The van der Waals surface area contributed by atoms with E-state index in [0.29, 0.717) is 0 Å². The lowest BCUT2D eigenvalue weighted by Gasteiger charge is -2.07. The number of aliphatic imine (C=N–C) groups is 1. The van der Waals surface area contributed by atoms with Crippen LogP contribution in [0.5, 0.6) is 0 Å². The number of carbonyl (C=O) groups excluding carboxylic acids is 1. The van der Waals surface area contributed by atoms with Gasteiger partial charge in [0, 0.05) is 6.61 Å². The van der Waals surface area contributed by atoms with Crippen molar-refractivity contribution in [1.29, 1.82) is 0 Å². The van der Waals surface area contributed by atoms with Gasteiger partial charge < -0.3 is 10.1 Å². The maximum Gasteiger partial charge on any atom is 0.250 e. The van der Waals surface area contributed by atoms with Crippen molar-refractivity contribution < 1.29 is 9.53 Å². The quantitative estimate of drug-likeness (QED) is 0.728. The van der Waals surface area contributed by atoms with E-state index >= 15 is 0 Å². The number of amides is 1. The molecule has 0 saturated carbocycles. The van der Waals surface area contributed by atoms with Gasteiger partial charge in [0.05, 0.1) is 0 Å². The molecule has 2 rings (SSSR count). The van der Waals surface area contributed by atoms with Gasteiger partial charge in [-0.3, -0.25) is 9.79 Å². The van der Waals surface area contributed by atoms with E-state index in [0.717, 1.165) is 38.1 Å². The molecule has 2 atom stereocenters. The molecule has 0 spiro atoms. The highest BCUT2D eigenvalue weighted by molar-refractivity contribution is 6.07. The molecular weight excluding hydrogens is 180 g/mol. The molecule has 4 nitrogen and oxygen atoms in total. The molecule has 2 aliphatic rings. The summed E-state index contributed by atoms with van der Waals surface area (Å²) in [5.41, 5.74) is 0. The zero-order valence-corrected chi connectivity index (χ0v) is 8.45. The molecule has 1 amide bonds. The van der Waals surface area contributed by atoms with Crippen molar-refractivity contribution in [2.75, 3.05) is 6.61 Å². The van der Waals surface area contributed by atoms with Crippen molar-refractivity contribution in [1.82, 2.24) is 5.32 Å². The van der Waals surface area contributed by atoms with Crippen LogP contribution in [-0.4, -0.2) is 30.5 Å². The zero-order valence-electron chi connectivity index (χ0n) is 8.45. The summed E-state index contributed by atoms with van der Waals surface area (Å²) in [7, 11) is 0. The highest BCUT2D eigenvalue weighted by Gasteiger charge is 2.31. The second-order valence-electron chi connectivity index (χ2n) is 3.81. The molecule has 1 N–H and O–H groups in total. The van der Waals surface area contributed by atoms with E-state index in [2.05, 4.69) is 17.2 Å². The summed E-state index contributed by atoms with van der Waals surface area (Å²) in [4.78, 5) is 15.8. The minimum atomic E-state index is -0.167. The van der Waals surface area contributed by atoms with Crippen molar-refractivity contribution in [2.45, 2.75) is 44.8 Å². The molecule has 0 aromatic carbocycles. The Balaban J connectivity index is 1.99. The topological polar surface area (TPSA) is 50.7 Å². The third-order valence-electron chi connectivity index (χ3n) is 2.65. The molecule has 78 valence electrons. The maximum absolute atomic E-state index is 11.5. The fourth-order valence-corrected chi connectivity index (χ4v) is 1.89. The summed E-state index contributed by atoms with van der Waals surface area (Å²) < 4.78 is 5.47. The monoisotopic (exact) mass is 196 g/mol. The first-order valence-corrected chi connectivity index (χ1v) is 5.31. The Morgan fingerprint density at radius 1 is 1.64 bits per heavy atom. The number of nitrogens with zero attached hydrogens (tertiary/aromatic N) is 1. The Morgan fingerprint density at radius 2 is 2.50 bits per heavy atom. The molecule has 2 aliphatic heterocycles. The lowest BCUT2D eigenvalue weighted by atomic mass is 10.2. The zero-order chi connectivity index (χ0) is 9.97. The Bertz CT molecular complexity index is 257. The van der Waals surface area contributed by atoms with Crippen LogP contribution >= 0.6 is 0 Å². The van der Waals surface area contributed by atoms with Crippen LogP contribution in [-0.2, 0) is 9.53 Å². The van der Waals surface area contributed by atoms with Gasteiger partial charge in [-0.25, -0.2) is 0 Å². The highest BCUT2D eigenvalue weighted by Crippen LogP contribution is 2.17. The Hall–Kier alpha value is -0.900. The van der Waals surface area contributed by atoms with Crippen LogP contribution in [0.2, 0.25) is 0 Å². The highest BCUT2D eigenvalue weighted by atomic mass is 16.5. The summed E-state index contributed by atoms with van der Waals surface area (Å²) >= 11 is 0. The molecule has 0 aromatic rings. The van der Waals surface area contributed by atoms with Crippen molar-refractivity contribution >= 4 is 11.7 Å². The van der Waals surface area contributed by atoms with Crippen LogP contribution in [0.1, 0.15) is 32.6 Å². The molecule has 2 unspecified atom stereocenters. The molecular formula is C10H16N2O2. The van der Waals surface area contributed by atoms with E-state index in [9.17, 15) is 4.79 Å². The maximum atomic E-state index is 11.5. The van der Waals surface area contributed by atoms with Crippen LogP contribution in [0.15, 0.2) is 4.99 Å². The first-order valence-electron chi connectivity index (χ1n) is 5.31. The van der Waals surface area contributed by atoms with Gasteiger partial charge >= 0.3 is 0 Å². The van der Waals surface area contributed by atoms with Gasteiger partial charge in [-0.1, -0.05) is 13.3 Å². The number of rotatable bonds is 3. The smallest absolute Gasteiger partial charge is 0.250 e. The van der Waals surface area contributed by atoms with Gasteiger partial charge in [0.1, 0.15) is 18.0 Å². The van der Waals surface area contributed by atoms with Crippen LogP contribution in [0.25, 0.3) is 0 Å². The van der Waals surface area contributed by atoms with E-state index in [4.69, 9.17) is 4.74 Å². The summed E-state index contributed by atoms with van der Waals surface area (Å²) in [5.74, 6) is 0.795. The average molecular weight is 196 g/mol. The SMILES string of the molecule is CCCC1N=C(C2CCCO2)NC1=O. The molecule has 0 radical (unpaired) electrons. The average Bonchev–Trinajstić information content (AvgIpc) is 2.76. The van der Waals surface area contributed by atoms with E-state index in [1.807, 2.05) is 0 Å². The Labute approximate surface area is 83.7 Å². The van der Waals surface area contributed by atoms with Crippen LogP contribution in [0.3, 0.4) is 0 Å². The van der Waals surface area contributed by atoms with Crippen LogP contribution in [0.4, 0.5) is 0 Å². The number of ether oxygens (including phenoxy) is 1.